The molecule has 1 amide bonds. The molecule has 92 valence electrons. The third kappa shape index (κ3) is 2.65. The summed E-state index contributed by atoms with van der Waals surface area (Å²) in [5, 5.41) is 2.88. The standard InChI is InChI=1S/C14H14N2OS/c1-18-13-9-5-4-8-12(13)16-14(17)10-6-2-3-7-11(10)15/h2-9H,15H2,1H3,(H,16,17). The second-order valence-electron chi connectivity index (χ2n) is 3.74. The van der Waals surface area contributed by atoms with Gasteiger partial charge >= 0.3 is 0 Å². The number of amides is 1. The number of hydrogen-bond donors (Lipinski definition) is 2. The predicted octanol–water partition coefficient (Wildman–Crippen LogP) is 3.24. The van der Waals surface area contributed by atoms with Gasteiger partial charge in [0.05, 0.1) is 11.3 Å². The average Bonchev–Trinajstić information content (AvgIpc) is 2.39. The van der Waals surface area contributed by atoms with Gasteiger partial charge in [0.15, 0.2) is 0 Å². The van der Waals surface area contributed by atoms with Gasteiger partial charge in [0.25, 0.3) is 5.91 Å². The molecule has 0 spiro atoms. The minimum atomic E-state index is -0.186. The van der Waals surface area contributed by atoms with Gasteiger partial charge < -0.3 is 11.1 Å². The van der Waals surface area contributed by atoms with E-state index in [-0.39, 0.29) is 5.91 Å². The van der Waals surface area contributed by atoms with Crippen LogP contribution in [0.25, 0.3) is 0 Å². The Hall–Kier alpha value is -1.94. The maximum Gasteiger partial charge on any atom is 0.257 e. The molecule has 0 aliphatic carbocycles. The Bertz CT molecular complexity index is 569. The Morgan fingerprint density at radius 3 is 2.50 bits per heavy atom. The normalized spacial score (nSPS) is 10.1. The summed E-state index contributed by atoms with van der Waals surface area (Å²) in [4.78, 5) is 13.1. The van der Waals surface area contributed by atoms with Gasteiger partial charge in [-0.25, -0.2) is 0 Å². The van der Waals surface area contributed by atoms with E-state index in [1.54, 1.807) is 30.0 Å². The van der Waals surface area contributed by atoms with Crippen molar-refractivity contribution in [3.8, 4) is 0 Å². The number of thioether (sulfide) groups is 1. The number of nitrogens with one attached hydrogen (secondary N) is 1. The van der Waals surface area contributed by atoms with Gasteiger partial charge in [-0.2, -0.15) is 0 Å². The molecule has 2 aromatic carbocycles. The van der Waals surface area contributed by atoms with Crippen LogP contribution in [0.3, 0.4) is 0 Å². The number of carbonyl (C=O) groups excluding carboxylic acids is 1. The Kier molecular flexibility index (Phi) is 3.89. The van der Waals surface area contributed by atoms with E-state index in [0.717, 1.165) is 10.6 Å². The molecule has 0 radical (unpaired) electrons. The van der Waals surface area contributed by atoms with Crippen LogP contribution in [0, 0.1) is 0 Å². The Labute approximate surface area is 110 Å². The summed E-state index contributed by atoms with van der Waals surface area (Å²) in [5.74, 6) is -0.186. The minimum absolute atomic E-state index is 0.186. The fraction of sp³-hybridized carbons (Fsp3) is 0.0714. The molecule has 0 saturated heterocycles. The lowest BCUT2D eigenvalue weighted by molar-refractivity contribution is 0.102. The van der Waals surface area contributed by atoms with E-state index < -0.39 is 0 Å². The van der Waals surface area contributed by atoms with E-state index in [1.165, 1.54) is 0 Å². The molecule has 0 atom stereocenters. The van der Waals surface area contributed by atoms with Crippen molar-refractivity contribution in [2.75, 3.05) is 17.3 Å². The summed E-state index contributed by atoms with van der Waals surface area (Å²) in [6, 6.07) is 14.7. The lowest BCUT2D eigenvalue weighted by atomic mass is 10.1. The number of anilines is 2. The first-order valence-electron chi connectivity index (χ1n) is 5.51. The van der Waals surface area contributed by atoms with Gasteiger partial charge in [-0.3, -0.25) is 4.79 Å². The van der Waals surface area contributed by atoms with Crippen molar-refractivity contribution in [2.45, 2.75) is 4.90 Å². The van der Waals surface area contributed by atoms with Crippen molar-refractivity contribution >= 4 is 29.0 Å². The van der Waals surface area contributed by atoms with Crippen LogP contribution in [0.2, 0.25) is 0 Å². The summed E-state index contributed by atoms with van der Waals surface area (Å²) in [6.07, 6.45) is 1.97. The average molecular weight is 258 g/mol. The van der Waals surface area contributed by atoms with Gasteiger partial charge in [-0.15, -0.1) is 11.8 Å². The largest absolute Gasteiger partial charge is 0.398 e. The van der Waals surface area contributed by atoms with Gasteiger partial charge in [-0.05, 0) is 30.5 Å². The minimum Gasteiger partial charge on any atom is -0.398 e. The van der Waals surface area contributed by atoms with Crippen molar-refractivity contribution in [1.29, 1.82) is 0 Å². The summed E-state index contributed by atoms with van der Waals surface area (Å²) < 4.78 is 0. The first-order valence-corrected chi connectivity index (χ1v) is 6.73. The van der Waals surface area contributed by atoms with Gasteiger partial charge in [0.2, 0.25) is 0 Å². The maximum absolute atomic E-state index is 12.1. The van der Waals surface area contributed by atoms with Crippen molar-refractivity contribution in [2.24, 2.45) is 0 Å². The van der Waals surface area contributed by atoms with E-state index in [0.29, 0.717) is 11.3 Å². The van der Waals surface area contributed by atoms with E-state index in [9.17, 15) is 4.79 Å². The zero-order chi connectivity index (χ0) is 13.0. The summed E-state index contributed by atoms with van der Waals surface area (Å²) in [5.41, 5.74) is 7.56. The molecule has 18 heavy (non-hydrogen) atoms. The van der Waals surface area contributed by atoms with Crippen molar-refractivity contribution in [3.63, 3.8) is 0 Å². The van der Waals surface area contributed by atoms with Crippen molar-refractivity contribution < 1.29 is 4.79 Å². The highest BCUT2D eigenvalue weighted by Crippen LogP contribution is 2.25. The smallest absolute Gasteiger partial charge is 0.257 e. The molecule has 0 aromatic heterocycles. The molecule has 3 N–H and O–H groups in total. The zero-order valence-corrected chi connectivity index (χ0v) is 10.8. The third-order valence-corrected chi connectivity index (χ3v) is 3.36. The quantitative estimate of drug-likeness (QED) is 0.656. The molecule has 0 unspecified atom stereocenters. The number of benzene rings is 2. The van der Waals surface area contributed by atoms with E-state index in [1.807, 2.05) is 36.6 Å². The maximum atomic E-state index is 12.1. The lowest BCUT2D eigenvalue weighted by Crippen LogP contribution is -2.14. The number of rotatable bonds is 3. The molecule has 0 bridgehead atoms. The molecule has 0 aliphatic rings. The Balaban J connectivity index is 2.24. The number of carbonyl (C=O) groups is 1. The Morgan fingerprint density at radius 1 is 1.11 bits per heavy atom. The first-order chi connectivity index (χ1) is 8.72. The highest BCUT2D eigenvalue weighted by atomic mass is 32.2. The molecule has 2 aromatic rings. The SMILES string of the molecule is CSc1ccccc1NC(=O)c1ccccc1N. The molecule has 0 heterocycles. The molecule has 2 rings (SSSR count). The molecule has 0 saturated carbocycles. The topological polar surface area (TPSA) is 55.1 Å². The second kappa shape index (κ2) is 5.60. The highest BCUT2D eigenvalue weighted by molar-refractivity contribution is 7.98. The molecular formula is C14H14N2OS. The van der Waals surface area contributed by atoms with E-state index in [2.05, 4.69) is 5.32 Å². The summed E-state index contributed by atoms with van der Waals surface area (Å²) >= 11 is 1.59. The van der Waals surface area contributed by atoms with Crippen molar-refractivity contribution in [3.05, 3.63) is 54.1 Å². The monoisotopic (exact) mass is 258 g/mol. The number of para-hydroxylation sites is 2. The van der Waals surface area contributed by atoms with Crippen LogP contribution in [0.4, 0.5) is 11.4 Å². The molecule has 3 nitrogen and oxygen atoms in total. The van der Waals surface area contributed by atoms with E-state index >= 15 is 0 Å². The summed E-state index contributed by atoms with van der Waals surface area (Å²) in [6.45, 7) is 0. The van der Waals surface area contributed by atoms with Crippen LogP contribution in [-0.4, -0.2) is 12.2 Å². The van der Waals surface area contributed by atoms with Crippen molar-refractivity contribution in [1.82, 2.24) is 0 Å². The predicted molar refractivity (Wildman–Crippen MR) is 77.0 cm³/mol. The zero-order valence-electron chi connectivity index (χ0n) is 10.0. The number of nitrogens with two attached hydrogens (primary N) is 1. The number of hydrogen-bond acceptors (Lipinski definition) is 3. The van der Waals surface area contributed by atoms with Crippen LogP contribution >= 0.6 is 11.8 Å². The van der Waals surface area contributed by atoms with Gasteiger partial charge in [0.1, 0.15) is 0 Å². The van der Waals surface area contributed by atoms with Crippen LogP contribution in [0.1, 0.15) is 10.4 Å². The van der Waals surface area contributed by atoms with Crippen LogP contribution < -0.4 is 11.1 Å². The number of nitrogen functional groups attached to an aromatic ring is 1. The fourth-order valence-electron chi connectivity index (χ4n) is 1.64. The Morgan fingerprint density at radius 2 is 1.78 bits per heavy atom. The molecular weight excluding hydrogens is 244 g/mol. The third-order valence-electron chi connectivity index (χ3n) is 2.56. The summed E-state index contributed by atoms with van der Waals surface area (Å²) in [7, 11) is 0. The highest BCUT2D eigenvalue weighted by Gasteiger charge is 2.10. The van der Waals surface area contributed by atoms with E-state index in [4.69, 9.17) is 5.73 Å². The lowest BCUT2D eigenvalue weighted by Gasteiger charge is -2.10. The van der Waals surface area contributed by atoms with Crippen LogP contribution in [0.5, 0.6) is 0 Å². The van der Waals surface area contributed by atoms with Crippen LogP contribution in [0.15, 0.2) is 53.4 Å². The van der Waals surface area contributed by atoms with Gasteiger partial charge in [-0.1, -0.05) is 24.3 Å². The molecule has 4 heteroatoms. The second-order valence-corrected chi connectivity index (χ2v) is 4.59. The van der Waals surface area contributed by atoms with Crippen LogP contribution in [-0.2, 0) is 0 Å². The molecule has 0 fully saturated rings. The molecule has 0 aliphatic heterocycles. The first kappa shape index (κ1) is 12.5. The van der Waals surface area contributed by atoms with Gasteiger partial charge in [0, 0.05) is 10.6 Å². The fourth-order valence-corrected chi connectivity index (χ4v) is 2.19.